The summed E-state index contributed by atoms with van der Waals surface area (Å²) in [7, 11) is 0. The van der Waals surface area contributed by atoms with Gasteiger partial charge in [-0.1, -0.05) is 12.1 Å². The maximum Gasteiger partial charge on any atom is 0.219 e. The number of rotatable bonds is 5. The Morgan fingerprint density at radius 1 is 1.08 bits per heavy atom. The third-order valence-electron chi connectivity index (χ3n) is 3.88. The third-order valence-corrected chi connectivity index (χ3v) is 3.88. The molecule has 0 aliphatic carbocycles. The average Bonchev–Trinajstić information content (AvgIpc) is 3.09. The van der Waals surface area contributed by atoms with Crippen LogP contribution in [0.15, 0.2) is 73.2 Å². The number of aromatic nitrogens is 3. The van der Waals surface area contributed by atoms with Gasteiger partial charge in [0.1, 0.15) is 17.5 Å². The van der Waals surface area contributed by atoms with Gasteiger partial charge in [0.2, 0.25) is 5.88 Å². The lowest BCUT2D eigenvalue weighted by molar-refractivity contribution is 0.463. The van der Waals surface area contributed by atoms with Crippen LogP contribution >= 0.6 is 0 Å². The van der Waals surface area contributed by atoms with Gasteiger partial charge in [-0.05, 0) is 30.3 Å². The summed E-state index contributed by atoms with van der Waals surface area (Å²) in [6.07, 6.45) is 5.29. The van der Waals surface area contributed by atoms with E-state index in [1.807, 2.05) is 52.9 Å². The van der Waals surface area contributed by atoms with Crippen molar-refractivity contribution in [2.75, 3.05) is 5.32 Å². The lowest BCUT2D eigenvalue weighted by Crippen LogP contribution is -2.03. The molecule has 4 rings (SSSR count). The molecule has 1 N–H and O–H groups in total. The van der Waals surface area contributed by atoms with Gasteiger partial charge >= 0.3 is 0 Å². The first-order chi connectivity index (χ1) is 12.8. The second-order valence-corrected chi connectivity index (χ2v) is 5.66. The van der Waals surface area contributed by atoms with Crippen molar-refractivity contribution in [2.45, 2.75) is 6.54 Å². The number of anilines is 1. The molecular weight excluding hydrogens is 326 g/mol. The molecule has 0 amide bonds. The maximum atomic E-state index is 9.07. The van der Waals surface area contributed by atoms with Crippen LogP contribution in [-0.4, -0.2) is 14.4 Å². The fourth-order valence-corrected chi connectivity index (χ4v) is 2.62. The van der Waals surface area contributed by atoms with Crippen molar-refractivity contribution in [3.63, 3.8) is 0 Å². The Kier molecular flexibility index (Phi) is 4.19. The summed E-state index contributed by atoms with van der Waals surface area (Å²) in [6, 6.07) is 19.0. The number of nitrogens with zero attached hydrogens (tertiary/aromatic N) is 4. The van der Waals surface area contributed by atoms with Crippen molar-refractivity contribution in [1.82, 2.24) is 14.4 Å². The number of benzene rings is 1. The number of ether oxygens (including phenoxy) is 1. The quantitative estimate of drug-likeness (QED) is 0.594. The summed E-state index contributed by atoms with van der Waals surface area (Å²) in [5, 5.41) is 12.4. The van der Waals surface area contributed by atoms with Crippen LogP contribution in [0.4, 0.5) is 5.69 Å². The molecule has 0 atom stereocenters. The van der Waals surface area contributed by atoms with Crippen LogP contribution in [0.5, 0.6) is 11.6 Å². The zero-order valence-corrected chi connectivity index (χ0v) is 13.8. The first kappa shape index (κ1) is 15.7. The highest BCUT2D eigenvalue weighted by molar-refractivity contribution is 5.50. The molecule has 0 unspecified atom stereocenters. The van der Waals surface area contributed by atoms with Gasteiger partial charge in [0, 0.05) is 30.2 Å². The molecule has 0 aliphatic heterocycles. The molecule has 0 saturated heterocycles. The Labute approximate surface area is 150 Å². The summed E-state index contributed by atoms with van der Waals surface area (Å²) in [4.78, 5) is 8.52. The van der Waals surface area contributed by atoms with Gasteiger partial charge < -0.3 is 14.5 Å². The van der Waals surface area contributed by atoms with Crippen molar-refractivity contribution < 1.29 is 4.74 Å². The average molecular weight is 341 g/mol. The summed E-state index contributed by atoms with van der Waals surface area (Å²) in [5.41, 5.74) is 3.30. The van der Waals surface area contributed by atoms with Crippen LogP contribution in [-0.2, 0) is 6.54 Å². The van der Waals surface area contributed by atoms with E-state index in [0.717, 1.165) is 17.0 Å². The van der Waals surface area contributed by atoms with Gasteiger partial charge in [0.15, 0.2) is 0 Å². The van der Waals surface area contributed by atoms with E-state index < -0.39 is 0 Å². The SMILES string of the molecule is N#Cc1ccc2ncc(CNc3cccc(Oc4ccccn4)c3)n2c1. The highest BCUT2D eigenvalue weighted by Crippen LogP contribution is 2.23. The normalized spacial score (nSPS) is 10.4. The van der Waals surface area contributed by atoms with E-state index in [1.165, 1.54) is 0 Å². The molecule has 26 heavy (non-hydrogen) atoms. The van der Waals surface area contributed by atoms with Gasteiger partial charge in [-0.3, -0.25) is 0 Å². The van der Waals surface area contributed by atoms with Crippen LogP contribution in [0.2, 0.25) is 0 Å². The molecule has 0 spiro atoms. The minimum Gasteiger partial charge on any atom is -0.439 e. The zero-order valence-electron chi connectivity index (χ0n) is 13.8. The molecule has 3 heterocycles. The summed E-state index contributed by atoms with van der Waals surface area (Å²) < 4.78 is 7.67. The Hall–Kier alpha value is -3.85. The van der Waals surface area contributed by atoms with Crippen molar-refractivity contribution in [1.29, 1.82) is 5.26 Å². The van der Waals surface area contributed by atoms with Crippen molar-refractivity contribution in [2.24, 2.45) is 0 Å². The van der Waals surface area contributed by atoms with E-state index in [4.69, 9.17) is 10.00 Å². The molecule has 0 saturated carbocycles. The zero-order chi connectivity index (χ0) is 17.8. The van der Waals surface area contributed by atoms with Crippen molar-refractivity contribution in [3.8, 4) is 17.7 Å². The van der Waals surface area contributed by atoms with Crippen LogP contribution in [0.25, 0.3) is 5.65 Å². The highest BCUT2D eigenvalue weighted by atomic mass is 16.5. The predicted octanol–water partition coefficient (Wildman–Crippen LogP) is 4.01. The third kappa shape index (κ3) is 3.32. The summed E-state index contributed by atoms with van der Waals surface area (Å²) in [6.45, 7) is 0.573. The Morgan fingerprint density at radius 3 is 2.88 bits per heavy atom. The number of nitrogens with one attached hydrogen (secondary N) is 1. The first-order valence-electron chi connectivity index (χ1n) is 8.11. The van der Waals surface area contributed by atoms with E-state index in [-0.39, 0.29) is 0 Å². The van der Waals surface area contributed by atoms with Crippen LogP contribution < -0.4 is 10.1 Å². The molecule has 0 fully saturated rings. The first-order valence-corrected chi connectivity index (χ1v) is 8.11. The van der Waals surface area contributed by atoms with Crippen LogP contribution in [0, 0.1) is 11.3 Å². The Bertz CT molecular complexity index is 1080. The van der Waals surface area contributed by atoms with Gasteiger partial charge in [-0.25, -0.2) is 9.97 Å². The Morgan fingerprint density at radius 2 is 2.04 bits per heavy atom. The van der Waals surface area contributed by atoms with Gasteiger partial charge in [-0.15, -0.1) is 0 Å². The van der Waals surface area contributed by atoms with E-state index in [0.29, 0.717) is 23.7 Å². The minimum absolute atomic E-state index is 0.551. The number of hydrogen-bond donors (Lipinski definition) is 1. The fourth-order valence-electron chi connectivity index (χ4n) is 2.62. The summed E-state index contributed by atoms with van der Waals surface area (Å²) in [5.74, 6) is 1.26. The smallest absolute Gasteiger partial charge is 0.219 e. The molecule has 4 aromatic rings. The molecule has 126 valence electrons. The van der Waals surface area contributed by atoms with E-state index in [1.54, 1.807) is 24.7 Å². The highest BCUT2D eigenvalue weighted by Gasteiger charge is 2.05. The predicted molar refractivity (Wildman–Crippen MR) is 98.0 cm³/mol. The second-order valence-electron chi connectivity index (χ2n) is 5.66. The Balaban J connectivity index is 1.50. The molecule has 3 aromatic heterocycles. The van der Waals surface area contributed by atoms with E-state index >= 15 is 0 Å². The van der Waals surface area contributed by atoms with Crippen LogP contribution in [0.3, 0.4) is 0 Å². The molecular formula is C20H15N5O. The minimum atomic E-state index is 0.551. The number of fused-ring (bicyclic) bond motifs is 1. The monoisotopic (exact) mass is 341 g/mol. The molecule has 6 heteroatoms. The number of hydrogen-bond acceptors (Lipinski definition) is 5. The van der Waals surface area contributed by atoms with Crippen molar-refractivity contribution in [3.05, 3.63) is 84.4 Å². The van der Waals surface area contributed by atoms with Gasteiger partial charge in [0.25, 0.3) is 0 Å². The van der Waals surface area contributed by atoms with E-state index in [9.17, 15) is 0 Å². The van der Waals surface area contributed by atoms with Gasteiger partial charge in [-0.2, -0.15) is 5.26 Å². The second kappa shape index (κ2) is 6.95. The number of nitriles is 1. The standard InChI is InChI=1S/C20H15N5O/c21-11-15-7-8-19-24-13-17(25(19)14-15)12-23-16-4-3-5-18(10-16)26-20-6-1-2-9-22-20/h1-10,13-14,23H,12H2. The van der Waals surface area contributed by atoms with Crippen LogP contribution in [0.1, 0.15) is 11.3 Å². The number of imidazole rings is 1. The van der Waals surface area contributed by atoms with E-state index in [2.05, 4.69) is 21.4 Å². The molecule has 1 aromatic carbocycles. The molecule has 0 aliphatic rings. The van der Waals surface area contributed by atoms with Gasteiger partial charge in [0.05, 0.1) is 24.0 Å². The van der Waals surface area contributed by atoms with Crippen molar-refractivity contribution >= 4 is 11.3 Å². The maximum absolute atomic E-state index is 9.07. The topological polar surface area (TPSA) is 75.2 Å². The molecule has 0 radical (unpaired) electrons. The fraction of sp³-hybridized carbons (Fsp3) is 0.0500. The lowest BCUT2D eigenvalue weighted by atomic mass is 10.3. The summed E-state index contributed by atoms with van der Waals surface area (Å²) >= 11 is 0. The lowest BCUT2D eigenvalue weighted by Gasteiger charge is -2.09. The molecule has 6 nitrogen and oxygen atoms in total. The number of pyridine rings is 2. The largest absolute Gasteiger partial charge is 0.439 e. The molecule has 0 bridgehead atoms.